The molecule has 0 fully saturated rings. The van der Waals surface area contributed by atoms with E-state index in [0.29, 0.717) is 6.54 Å². The summed E-state index contributed by atoms with van der Waals surface area (Å²) in [4.78, 5) is 1.91. The van der Waals surface area contributed by atoms with E-state index in [1.807, 2.05) is 23.1 Å². The normalized spacial score (nSPS) is 15.2. The monoisotopic (exact) mass is 292 g/mol. The first kappa shape index (κ1) is 16.1. The molecule has 0 amide bonds. The summed E-state index contributed by atoms with van der Waals surface area (Å²) in [7, 11) is -2.98. The van der Waals surface area contributed by atoms with E-state index in [9.17, 15) is 4.21 Å². The number of rotatable bonds is 7. The molecule has 1 aromatic rings. The van der Waals surface area contributed by atoms with Crippen LogP contribution in [0.3, 0.4) is 0 Å². The van der Waals surface area contributed by atoms with E-state index in [2.05, 4.69) is 25.0 Å². The third-order valence-corrected chi connectivity index (χ3v) is 3.18. The van der Waals surface area contributed by atoms with Crippen molar-refractivity contribution in [3.8, 4) is 12.3 Å². The van der Waals surface area contributed by atoms with Crippen LogP contribution in [0.25, 0.3) is 0 Å². The van der Waals surface area contributed by atoms with Crippen LogP contribution in [0.5, 0.6) is 0 Å². The molecule has 0 spiro atoms. The Morgan fingerprint density at radius 3 is 2.70 bits per heavy atom. The van der Waals surface area contributed by atoms with Crippen LogP contribution < -0.4 is 0 Å². The average molecular weight is 292 g/mol. The van der Waals surface area contributed by atoms with E-state index in [4.69, 9.17) is 15.4 Å². The maximum Gasteiger partial charge on any atom is 0.199 e. The number of hydrogen-bond donors (Lipinski definition) is 1. The smallest absolute Gasteiger partial charge is 0.199 e. The highest BCUT2D eigenvalue weighted by Crippen LogP contribution is 2.09. The molecule has 2 atom stereocenters. The van der Waals surface area contributed by atoms with Crippen molar-refractivity contribution in [3.63, 3.8) is 0 Å². The van der Waals surface area contributed by atoms with Gasteiger partial charge in [0, 0.05) is 12.2 Å². The molecule has 0 radical (unpaired) electrons. The summed E-state index contributed by atoms with van der Waals surface area (Å²) < 4.78 is 23.1. The van der Waals surface area contributed by atoms with E-state index in [0.717, 1.165) is 6.42 Å². The predicted molar refractivity (Wildman–Crippen MR) is 82.2 cm³/mol. The second-order valence-corrected chi connectivity index (χ2v) is 6.31. The SMILES string of the molecule is C#CCN(/C=C/OS(C)(=N)=O)C(C)Cc1ccccc1. The van der Waals surface area contributed by atoms with Crippen molar-refractivity contribution in [2.45, 2.75) is 19.4 Å². The minimum absolute atomic E-state index is 0.173. The molecule has 0 saturated heterocycles. The topological polar surface area (TPSA) is 53.4 Å². The molecule has 20 heavy (non-hydrogen) atoms. The second kappa shape index (κ2) is 7.61. The van der Waals surface area contributed by atoms with Crippen LogP contribution in [0.2, 0.25) is 0 Å². The Kier molecular flexibility index (Phi) is 6.13. The maximum atomic E-state index is 11.1. The molecule has 1 N–H and O–H groups in total. The van der Waals surface area contributed by atoms with Crippen LogP contribution in [0.15, 0.2) is 42.8 Å². The number of benzene rings is 1. The van der Waals surface area contributed by atoms with Crippen molar-refractivity contribution >= 4 is 10.0 Å². The highest BCUT2D eigenvalue weighted by atomic mass is 32.2. The minimum Gasteiger partial charge on any atom is -0.403 e. The van der Waals surface area contributed by atoms with Gasteiger partial charge in [0.25, 0.3) is 0 Å². The van der Waals surface area contributed by atoms with Crippen molar-refractivity contribution in [2.75, 3.05) is 12.8 Å². The largest absolute Gasteiger partial charge is 0.403 e. The van der Waals surface area contributed by atoms with Crippen LogP contribution in [0.4, 0.5) is 0 Å². The maximum absolute atomic E-state index is 11.1. The molecular weight excluding hydrogens is 272 g/mol. The van der Waals surface area contributed by atoms with Gasteiger partial charge in [0.05, 0.1) is 12.8 Å². The van der Waals surface area contributed by atoms with Gasteiger partial charge in [0.2, 0.25) is 0 Å². The van der Waals surface area contributed by atoms with Crippen molar-refractivity contribution in [2.24, 2.45) is 0 Å². The summed E-state index contributed by atoms with van der Waals surface area (Å²) in [6, 6.07) is 10.3. The van der Waals surface area contributed by atoms with Crippen LogP contribution in [-0.4, -0.2) is 28.0 Å². The van der Waals surface area contributed by atoms with Crippen molar-refractivity contribution < 1.29 is 8.39 Å². The molecule has 0 aliphatic carbocycles. The molecule has 0 aromatic heterocycles. The van der Waals surface area contributed by atoms with E-state index in [1.54, 1.807) is 6.20 Å². The van der Waals surface area contributed by atoms with Crippen molar-refractivity contribution in [3.05, 3.63) is 48.4 Å². The Morgan fingerprint density at radius 2 is 2.15 bits per heavy atom. The first-order chi connectivity index (χ1) is 9.42. The van der Waals surface area contributed by atoms with Gasteiger partial charge < -0.3 is 9.08 Å². The lowest BCUT2D eigenvalue weighted by Gasteiger charge is -2.25. The highest BCUT2D eigenvalue weighted by molar-refractivity contribution is 7.87. The zero-order valence-electron chi connectivity index (χ0n) is 11.8. The third-order valence-electron chi connectivity index (χ3n) is 2.71. The van der Waals surface area contributed by atoms with E-state index < -0.39 is 10.0 Å². The van der Waals surface area contributed by atoms with E-state index in [-0.39, 0.29) is 6.04 Å². The summed E-state index contributed by atoms with van der Waals surface area (Å²) in [6.45, 7) is 2.48. The zero-order valence-corrected chi connectivity index (χ0v) is 12.6. The fraction of sp³-hybridized carbons (Fsp3) is 0.333. The lowest BCUT2D eigenvalue weighted by molar-refractivity contribution is 0.315. The number of nitrogens with zero attached hydrogens (tertiary/aromatic N) is 1. The zero-order chi connectivity index (χ0) is 15.0. The summed E-state index contributed by atoms with van der Waals surface area (Å²) >= 11 is 0. The molecule has 5 heteroatoms. The highest BCUT2D eigenvalue weighted by Gasteiger charge is 2.10. The van der Waals surface area contributed by atoms with E-state index >= 15 is 0 Å². The number of hydrogen-bond acceptors (Lipinski definition) is 4. The molecule has 0 saturated carbocycles. The molecule has 108 valence electrons. The molecule has 1 aromatic carbocycles. The molecule has 0 heterocycles. The Morgan fingerprint density at radius 1 is 1.50 bits per heavy atom. The van der Waals surface area contributed by atoms with Gasteiger partial charge in [0.1, 0.15) is 6.26 Å². The van der Waals surface area contributed by atoms with Gasteiger partial charge in [-0.3, -0.25) is 0 Å². The van der Waals surface area contributed by atoms with Gasteiger partial charge in [-0.2, -0.15) is 0 Å². The van der Waals surface area contributed by atoms with Crippen molar-refractivity contribution in [1.82, 2.24) is 4.90 Å². The quantitative estimate of drug-likeness (QED) is 0.621. The van der Waals surface area contributed by atoms with Gasteiger partial charge in [0.15, 0.2) is 10.0 Å². The Bertz CT molecular complexity index is 574. The van der Waals surface area contributed by atoms with Crippen LogP contribution in [0.1, 0.15) is 12.5 Å². The third kappa shape index (κ3) is 6.30. The molecule has 4 nitrogen and oxygen atoms in total. The average Bonchev–Trinajstić information content (AvgIpc) is 2.37. The van der Waals surface area contributed by atoms with Crippen LogP contribution in [-0.2, 0) is 20.6 Å². The lowest BCUT2D eigenvalue weighted by Crippen LogP contribution is -2.30. The van der Waals surface area contributed by atoms with Gasteiger partial charge in [-0.25, -0.2) is 8.99 Å². The molecule has 0 aliphatic rings. The van der Waals surface area contributed by atoms with Gasteiger partial charge >= 0.3 is 0 Å². The Labute approximate surface area is 121 Å². The van der Waals surface area contributed by atoms with E-state index in [1.165, 1.54) is 18.1 Å². The molecule has 1 rings (SSSR count). The predicted octanol–water partition coefficient (Wildman–Crippen LogP) is 2.63. The van der Waals surface area contributed by atoms with Crippen molar-refractivity contribution in [1.29, 1.82) is 4.78 Å². The van der Waals surface area contributed by atoms with Crippen LogP contribution >= 0.6 is 0 Å². The summed E-state index contributed by atoms with van der Waals surface area (Å²) in [5.74, 6) is 2.58. The van der Waals surface area contributed by atoms with Gasteiger partial charge in [-0.1, -0.05) is 36.3 Å². The first-order valence-corrected chi connectivity index (χ1v) is 8.13. The second-order valence-electron chi connectivity index (χ2n) is 4.57. The molecule has 2 unspecified atom stereocenters. The molecule has 0 aliphatic heterocycles. The molecular formula is C15H20N2O2S. The Balaban J connectivity index is 2.68. The summed E-state index contributed by atoms with van der Waals surface area (Å²) in [5, 5.41) is 0. The standard InChI is InChI=1S/C15H20N2O2S/c1-4-10-17(11-12-19-20(3,16)18)14(2)13-15-8-6-5-7-9-15/h1,5-9,11-12,14,16H,10,13H2,2-3H3/b12-11+. The fourth-order valence-electron chi connectivity index (χ4n) is 1.74. The van der Waals surface area contributed by atoms with Gasteiger partial charge in [-0.05, 0) is 18.9 Å². The summed E-state index contributed by atoms with van der Waals surface area (Å²) in [6.07, 6.45) is 10.3. The number of nitrogens with one attached hydrogen (secondary N) is 1. The van der Waals surface area contributed by atoms with Gasteiger partial charge in [-0.15, -0.1) is 6.42 Å². The summed E-state index contributed by atoms with van der Waals surface area (Å²) in [5.41, 5.74) is 1.22. The first-order valence-electron chi connectivity index (χ1n) is 6.24. The number of terminal acetylenes is 1. The molecule has 0 bridgehead atoms. The minimum atomic E-state index is -2.98. The van der Waals surface area contributed by atoms with Crippen LogP contribution in [0, 0.1) is 17.1 Å². The Hall–Kier alpha value is -1.93. The fourth-order valence-corrected chi connectivity index (χ4v) is 2.00. The lowest BCUT2D eigenvalue weighted by atomic mass is 10.1.